The van der Waals surface area contributed by atoms with Gasteiger partial charge in [-0.1, -0.05) is 30.9 Å². The Morgan fingerprint density at radius 1 is 1.25 bits per heavy atom. The number of esters is 1. The van der Waals surface area contributed by atoms with Crippen molar-refractivity contribution in [2.45, 2.75) is 51.5 Å². The maximum Gasteiger partial charge on any atom is 0.331 e. The average Bonchev–Trinajstić information content (AvgIpc) is 3.15. The lowest BCUT2D eigenvalue weighted by molar-refractivity contribution is -0.155. The molecule has 1 aromatic carbocycles. The second-order valence-electron chi connectivity index (χ2n) is 7.10. The first kappa shape index (κ1) is 20.3. The topological polar surface area (TPSA) is 102 Å². The predicted molar refractivity (Wildman–Crippen MR) is 106 cm³/mol. The first-order valence-corrected chi connectivity index (χ1v) is 9.97. The molecule has 1 aliphatic carbocycles. The summed E-state index contributed by atoms with van der Waals surface area (Å²) in [5.41, 5.74) is 6.49. The standard InChI is InChI=1S/C20H24ClN3O4/c1-2-28-20(27)17-11-16(18(25)14-10-13(21)8-9-15(14)22)23-24(17)19(26)12-6-4-3-5-7-12/h8-10,12,17H,2-7,11,22H2,1H3. The molecule has 150 valence electrons. The minimum atomic E-state index is -0.922. The van der Waals surface area contributed by atoms with Crippen LogP contribution in [0.25, 0.3) is 0 Å². The number of ketones is 1. The van der Waals surface area contributed by atoms with Crippen LogP contribution in [0.5, 0.6) is 0 Å². The quantitative estimate of drug-likeness (QED) is 0.460. The van der Waals surface area contributed by atoms with Gasteiger partial charge in [-0.25, -0.2) is 9.80 Å². The van der Waals surface area contributed by atoms with Crippen molar-refractivity contribution in [3.05, 3.63) is 28.8 Å². The van der Waals surface area contributed by atoms with E-state index in [4.69, 9.17) is 22.1 Å². The lowest BCUT2D eigenvalue weighted by atomic mass is 9.88. The first-order valence-electron chi connectivity index (χ1n) is 9.59. The summed E-state index contributed by atoms with van der Waals surface area (Å²) in [6, 6.07) is 3.67. The van der Waals surface area contributed by atoms with E-state index in [-0.39, 0.29) is 41.8 Å². The zero-order valence-electron chi connectivity index (χ0n) is 15.8. The monoisotopic (exact) mass is 405 g/mol. The number of hydrazone groups is 1. The van der Waals surface area contributed by atoms with Crippen LogP contribution in [-0.2, 0) is 14.3 Å². The molecule has 8 heteroatoms. The third kappa shape index (κ3) is 4.19. The van der Waals surface area contributed by atoms with Crippen molar-refractivity contribution in [2.75, 3.05) is 12.3 Å². The van der Waals surface area contributed by atoms with Gasteiger partial charge in [0.1, 0.15) is 5.71 Å². The summed E-state index contributed by atoms with van der Waals surface area (Å²) in [4.78, 5) is 38.4. The lowest BCUT2D eigenvalue weighted by Crippen LogP contribution is -2.43. The molecule has 1 saturated carbocycles. The van der Waals surface area contributed by atoms with Crippen LogP contribution in [0.1, 0.15) is 55.8 Å². The number of rotatable bonds is 5. The van der Waals surface area contributed by atoms with Crippen LogP contribution >= 0.6 is 11.6 Å². The number of carbonyl (C=O) groups excluding carboxylic acids is 3. The van der Waals surface area contributed by atoms with Crippen LogP contribution in [-0.4, -0.2) is 41.0 Å². The minimum Gasteiger partial charge on any atom is -0.464 e. The number of nitrogens with two attached hydrogens (primary N) is 1. The molecule has 1 atom stereocenters. The van der Waals surface area contributed by atoms with E-state index in [1.165, 1.54) is 6.07 Å². The van der Waals surface area contributed by atoms with Crippen molar-refractivity contribution in [1.82, 2.24) is 5.01 Å². The fourth-order valence-electron chi connectivity index (χ4n) is 3.69. The van der Waals surface area contributed by atoms with E-state index in [2.05, 4.69) is 5.10 Å². The van der Waals surface area contributed by atoms with Gasteiger partial charge in [0.25, 0.3) is 0 Å². The molecule has 0 saturated heterocycles. The van der Waals surface area contributed by atoms with Crippen LogP contribution in [0.3, 0.4) is 0 Å². The number of ether oxygens (including phenoxy) is 1. The molecule has 1 fully saturated rings. The number of amides is 1. The van der Waals surface area contributed by atoms with Crippen LogP contribution in [0.2, 0.25) is 5.02 Å². The van der Waals surface area contributed by atoms with Crippen molar-refractivity contribution in [2.24, 2.45) is 11.0 Å². The molecular weight excluding hydrogens is 382 g/mol. The summed E-state index contributed by atoms with van der Waals surface area (Å²) < 4.78 is 5.11. The van der Waals surface area contributed by atoms with E-state index < -0.39 is 17.8 Å². The molecule has 0 aromatic heterocycles. The molecule has 2 N–H and O–H groups in total. The highest BCUT2D eigenvalue weighted by atomic mass is 35.5. The molecule has 1 aromatic rings. The first-order chi connectivity index (χ1) is 13.4. The number of nitrogens with zero attached hydrogens (tertiary/aromatic N) is 2. The fraction of sp³-hybridized carbons (Fsp3) is 0.500. The van der Waals surface area contributed by atoms with Crippen LogP contribution in [0, 0.1) is 5.92 Å². The van der Waals surface area contributed by atoms with Crippen molar-refractivity contribution >= 4 is 40.7 Å². The zero-order chi connectivity index (χ0) is 20.3. The van der Waals surface area contributed by atoms with E-state index >= 15 is 0 Å². The number of hydrogen-bond acceptors (Lipinski definition) is 6. The van der Waals surface area contributed by atoms with Crippen molar-refractivity contribution in [3.8, 4) is 0 Å². The highest BCUT2D eigenvalue weighted by Crippen LogP contribution is 2.30. The minimum absolute atomic E-state index is 0.00206. The summed E-state index contributed by atoms with van der Waals surface area (Å²) in [6.45, 7) is 1.88. The summed E-state index contributed by atoms with van der Waals surface area (Å²) in [5.74, 6) is -1.40. The molecule has 0 radical (unpaired) electrons. The van der Waals surface area contributed by atoms with Gasteiger partial charge in [-0.3, -0.25) is 9.59 Å². The number of nitrogen functional groups attached to an aromatic ring is 1. The zero-order valence-corrected chi connectivity index (χ0v) is 16.6. The number of halogens is 1. The summed E-state index contributed by atoms with van der Waals surface area (Å²) >= 11 is 5.98. The second kappa shape index (κ2) is 8.73. The SMILES string of the molecule is CCOC(=O)C1CC(C(=O)c2cc(Cl)ccc2N)=NN1C(=O)C1CCCCC1. The Morgan fingerprint density at radius 3 is 2.64 bits per heavy atom. The molecule has 28 heavy (non-hydrogen) atoms. The molecule has 1 unspecified atom stereocenters. The van der Waals surface area contributed by atoms with Gasteiger partial charge in [0.05, 0.1) is 6.61 Å². The van der Waals surface area contributed by atoms with E-state index in [1.54, 1.807) is 19.1 Å². The Bertz CT molecular complexity index is 818. The Labute approximate surface area is 168 Å². The van der Waals surface area contributed by atoms with Crippen LogP contribution in [0.4, 0.5) is 5.69 Å². The lowest BCUT2D eigenvalue weighted by Gasteiger charge is -2.27. The van der Waals surface area contributed by atoms with Gasteiger partial charge in [0, 0.05) is 28.6 Å². The normalized spacial score (nSPS) is 20.0. The fourth-order valence-corrected chi connectivity index (χ4v) is 3.86. The number of carbonyl (C=O) groups is 3. The number of anilines is 1. The van der Waals surface area contributed by atoms with Gasteiger partial charge in [-0.05, 0) is 38.0 Å². The van der Waals surface area contributed by atoms with E-state index in [1.807, 2.05) is 0 Å². The highest BCUT2D eigenvalue weighted by molar-refractivity contribution is 6.48. The van der Waals surface area contributed by atoms with Crippen molar-refractivity contribution < 1.29 is 19.1 Å². The molecule has 7 nitrogen and oxygen atoms in total. The molecule has 0 spiro atoms. The van der Waals surface area contributed by atoms with E-state index in [0.29, 0.717) is 5.02 Å². The maximum atomic E-state index is 13.0. The van der Waals surface area contributed by atoms with Gasteiger partial charge < -0.3 is 10.5 Å². The van der Waals surface area contributed by atoms with Crippen LogP contribution in [0.15, 0.2) is 23.3 Å². The van der Waals surface area contributed by atoms with E-state index in [0.717, 1.165) is 37.1 Å². The Balaban J connectivity index is 1.89. The summed E-state index contributed by atoms with van der Waals surface area (Å²) in [7, 11) is 0. The molecule has 1 aliphatic heterocycles. The molecule has 1 amide bonds. The number of benzene rings is 1. The van der Waals surface area contributed by atoms with Gasteiger partial charge in [0.15, 0.2) is 6.04 Å². The Hall–Kier alpha value is -2.41. The van der Waals surface area contributed by atoms with Gasteiger partial charge in [0.2, 0.25) is 11.7 Å². The Morgan fingerprint density at radius 2 is 1.96 bits per heavy atom. The third-order valence-electron chi connectivity index (χ3n) is 5.17. The average molecular weight is 406 g/mol. The molecular formula is C20H24ClN3O4. The maximum absolute atomic E-state index is 13.0. The Kier molecular flexibility index (Phi) is 6.34. The predicted octanol–water partition coefficient (Wildman–Crippen LogP) is 3.21. The second-order valence-corrected chi connectivity index (χ2v) is 7.53. The largest absolute Gasteiger partial charge is 0.464 e. The van der Waals surface area contributed by atoms with Crippen LogP contribution < -0.4 is 5.73 Å². The van der Waals surface area contributed by atoms with Crippen molar-refractivity contribution in [1.29, 1.82) is 0 Å². The van der Waals surface area contributed by atoms with E-state index in [9.17, 15) is 14.4 Å². The van der Waals surface area contributed by atoms with Gasteiger partial charge in [-0.15, -0.1) is 0 Å². The smallest absolute Gasteiger partial charge is 0.331 e. The van der Waals surface area contributed by atoms with Gasteiger partial charge >= 0.3 is 5.97 Å². The summed E-state index contributed by atoms with van der Waals surface area (Å²) in [6.07, 6.45) is 4.59. The molecule has 3 rings (SSSR count). The highest BCUT2D eigenvalue weighted by Gasteiger charge is 2.42. The number of hydrogen-bond donors (Lipinski definition) is 1. The molecule has 2 aliphatic rings. The summed E-state index contributed by atoms with van der Waals surface area (Å²) in [5, 5.41) is 5.77. The van der Waals surface area contributed by atoms with Crippen molar-refractivity contribution in [3.63, 3.8) is 0 Å². The number of Topliss-reactive ketones (excluding diaryl/α,β-unsaturated/α-hetero) is 1. The third-order valence-corrected chi connectivity index (χ3v) is 5.41. The molecule has 0 bridgehead atoms. The van der Waals surface area contributed by atoms with Gasteiger partial charge in [-0.2, -0.15) is 5.10 Å². The molecule has 1 heterocycles.